The van der Waals surface area contributed by atoms with Gasteiger partial charge in [-0.1, -0.05) is 5.16 Å². The molecule has 2 fully saturated rings. The second-order valence-electron chi connectivity index (χ2n) is 4.58. The van der Waals surface area contributed by atoms with E-state index in [9.17, 15) is 0 Å². The molecule has 0 amide bonds. The third-order valence-corrected chi connectivity index (χ3v) is 3.59. The molecule has 2 saturated heterocycles. The number of hydrogen-bond acceptors (Lipinski definition) is 4. The van der Waals surface area contributed by atoms with Crippen molar-refractivity contribution < 1.29 is 5.21 Å². The Balaban J connectivity index is 1.94. The molecule has 4 heteroatoms. The van der Waals surface area contributed by atoms with Crippen LogP contribution < -0.4 is 5.32 Å². The SMILES string of the molecule is CC1(N2CCC(=NO)CC2)CCNC1. The van der Waals surface area contributed by atoms with E-state index in [2.05, 4.69) is 22.3 Å². The van der Waals surface area contributed by atoms with Crippen molar-refractivity contribution >= 4 is 5.71 Å². The number of oxime groups is 1. The molecule has 2 heterocycles. The zero-order valence-corrected chi connectivity index (χ0v) is 8.79. The lowest BCUT2D eigenvalue weighted by atomic mass is 9.95. The van der Waals surface area contributed by atoms with Crippen LogP contribution in [0.5, 0.6) is 0 Å². The lowest BCUT2D eigenvalue weighted by molar-refractivity contribution is 0.118. The first-order chi connectivity index (χ1) is 6.74. The van der Waals surface area contributed by atoms with E-state index in [0.29, 0.717) is 5.54 Å². The molecule has 80 valence electrons. The van der Waals surface area contributed by atoms with Crippen molar-refractivity contribution in [2.24, 2.45) is 5.16 Å². The van der Waals surface area contributed by atoms with Crippen molar-refractivity contribution in [3.63, 3.8) is 0 Å². The number of piperidine rings is 1. The molecular formula is C10H19N3O. The predicted molar refractivity (Wildman–Crippen MR) is 55.9 cm³/mol. The van der Waals surface area contributed by atoms with Gasteiger partial charge < -0.3 is 10.5 Å². The van der Waals surface area contributed by atoms with Crippen LogP contribution in [-0.2, 0) is 0 Å². The van der Waals surface area contributed by atoms with Gasteiger partial charge in [0.25, 0.3) is 0 Å². The Bertz CT molecular complexity index is 224. The minimum absolute atomic E-state index is 0.334. The van der Waals surface area contributed by atoms with Gasteiger partial charge in [0.15, 0.2) is 0 Å². The van der Waals surface area contributed by atoms with Crippen molar-refractivity contribution in [2.45, 2.75) is 31.7 Å². The minimum atomic E-state index is 0.334. The number of hydrogen-bond donors (Lipinski definition) is 2. The van der Waals surface area contributed by atoms with Crippen LogP contribution in [0.1, 0.15) is 26.2 Å². The molecule has 4 nitrogen and oxygen atoms in total. The zero-order chi connectivity index (χ0) is 10.0. The molecule has 2 aliphatic heterocycles. The molecule has 0 saturated carbocycles. The van der Waals surface area contributed by atoms with Crippen molar-refractivity contribution in [2.75, 3.05) is 26.2 Å². The molecule has 0 radical (unpaired) electrons. The largest absolute Gasteiger partial charge is 0.411 e. The summed E-state index contributed by atoms with van der Waals surface area (Å²) < 4.78 is 0. The second kappa shape index (κ2) is 3.87. The molecule has 0 aromatic carbocycles. The van der Waals surface area contributed by atoms with E-state index in [-0.39, 0.29) is 0 Å². The van der Waals surface area contributed by atoms with Crippen LogP contribution >= 0.6 is 0 Å². The van der Waals surface area contributed by atoms with Crippen LogP contribution in [0.15, 0.2) is 5.16 Å². The predicted octanol–water partition coefficient (Wildman–Crippen LogP) is 0.664. The molecular weight excluding hydrogens is 178 g/mol. The lowest BCUT2D eigenvalue weighted by Gasteiger charge is -2.40. The monoisotopic (exact) mass is 197 g/mol. The van der Waals surface area contributed by atoms with E-state index in [4.69, 9.17) is 5.21 Å². The molecule has 0 bridgehead atoms. The first-order valence-electron chi connectivity index (χ1n) is 5.40. The van der Waals surface area contributed by atoms with Gasteiger partial charge in [-0.25, -0.2) is 0 Å². The molecule has 0 spiro atoms. The molecule has 1 unspecified atom stereocenters. The summed E-state index contributed by atoms with van der Waals surface area (Å²) in [5.74, 6) is 0. The Kier molecular flexibility index (Phi) is 2.74. The molecule has 14 heavy (non-hydrogen) atoms. The maximum Gasteiger partial charge on any atom is 0.0596 e. The first kappa shape index (κ1) is 9.93. The van der Waals surface area contributed by atoms with Crippen LogP contribution in [-0.4, -0.2) is 47.5 Å². The summed E-state index contributed by atoms with van der Waals surface area (Å²) in [7, 11) is 0. The Morgan fingerprint density at radius 3 is 2.64 bits per heavy atom. The number of nitrogens with zero attached hydrogens (tertiary/aromatic N) is 2. The van der Waals surface area contributed by atoms with Gasteiger partial charge in [0.05, 0.1) is 5.71 Å². The van der Waals surface area contributed by atoms with Crippen LogP contribution in [0.25, 0.3) is 0 Å². The molecule has 1 atom stereocenters. The van der Waals surface area contributed by atoms with Crippen molar-refractivity contribution in [1.29, 1.82) is 0 Å². The molecule has 2 N–H and O–H groups in total. The maximum atomic E-state index is 8.66. The first-order valence-corrected chi connectivity index (χ1v) is 5.40. The third-order valence-electron chi connectivity index (χ3n) is 3.59. The quantitative estimate of drug-likeness (QED) is 0.479. The highest BCUT2D eigenvalue weighted by molar-refractivity contribution is 5.84. The Morgan fingerprint density at radius 2 is 2.14 bits per heavy atom. The second-order valence-corrected chi connectivity index (χ2v) is 4.58. The minimum Gasteiger partial charge on any atom is -0.411 e. The van der Waals surface area contributed by atoms with E-state index in [1.54, 1.807) is 0 Å². The highest BCUT2D eigenvalue weighted by atomic mass is 16.4. The fourth-order valence-corrected chi connectivity index (χ4v) is 2.48. The van der Waals surface area contributed by atoms with Gasteiger partial charge in [-0.2, -0.15) is 0 Å². The van der Waals surface area contributed by atoms with Gasteiger partial charge in [-0.3, -0.25) is 4.90 Å². The standard InChI is InChI=1S/C10H19N3O/c1-10(4-5-11-8-10)13-6-2-9(12-14)3-7-13/h11,14H,2-8H2,1H3. The van der Waals surface area contributed by atoms with Gasteiger partial charge in [-0.05, 0) is 19.9 Å². The summed E-state index contributed by atoms with van der Waals surface area (Å²) in [5, 5.41) is 15.4. The van der Waals surface area contributed by atoms with E-state index in [0.717, 1.165) is 44.7 Å². The van der Waals surface area contributed by atoms with Crippen molar-refractivity contribution in [3.8, 4) is 0 Å². The summed E-state index contributed by atoms with van der Waals surface area (Å²) in [5.41, 5.74) is 1.29. The van der Waals surface area contributed by atoms with Crippen LogP contribution in [0.4, 0.5) is 0 Å². The van der Waals surface area contributed by atoms with Crippen molar-refractivity contribution in [1.82, 2.24) is 10.2 Å². The average molecular weight is 197 g/mol. The van der Waals surface area contributed by atoms with E-state index in [1.807, 2.05) is 0 Å². The van der Waals surface area contributed by atoms with Crippen LogP contribution in [0.3, 0.4) is 0 Å². The highest BCUT2D eigenvalue weighted by Gasteiger charge is 2.36. The zero-order valence-electron chi connectivity index (χ0n) is 8.79. The maximum absolute atomic E-state index is 8.66. The van der Waals surface area contributed by atoms with Crippen LogP contribution in [0.2, 0.25) is 0 Å². The highest BCUT2D eigenvalue weighted by Crippen LogP contribution is 2.25. The number of rotatable bonds is 1. The normalized spacial score (nSPS) is 34.8. The molecule has 2 aliphatic rings. The topological polar surface area (TPSA) is 47.9 Å². The van der Waals surface area contributed by atoms with E-state index >= 15 is 0 Å². The lowest BCUT2D eigenvalue weighted by Crippen LogP contribution is -2.51. The van der Waals surface area contributed by atoms with Gasteiger partial charge in [0, 0.05) is 38.0 Å². The number of nitrogens with one attached hydrogen (secondary N) is 1. The summed E-state index contributed by atoms with van der Waals surface area (Å²) in [6.07, 6.45) is 3.08. The summed E-state index contributed by atoms with van der Waals surface area (Å²) in [6.45, 7) is 6.63. The Morgan fingerprint density at radius 1 is 1.43 bits per heavy atom. The summed E-state index contributed by atoms with van der Waals surface area (Å²) in [4.78, 5) is 2.53. The molecule has 0 aromatic heterocycles. The molecule has 2 rings (SSSR count). The third kappa shape index (κ3) is 1.77. The fourth-order valence-electron chi connectivity index (χ4n) is 2.48. The van der Waals surface area contributed by atoms with Crippen LogP contribution in [0, 0.1) is 0 Å². The van der Waals surface area contributed by atoms with E-state index in [1.165, 1.54) is 6.42 Å². The molecule has 0 aliphatic carbocycles. The Labute approximate surface area is 85.0 Å². The van der Waals surface area contributed by atoms with E-state index < -0.39 is 0 Å². The molecule has 0 aromatic rings. The fraction of sp³-hybridized carbons (Fsp3) is 0.900. The van der Waals surface area contributed by atoms with Gasteiger partial charge >= 0.3 is 0 Å². The summed E-state index contributed by atoms with van der Waals surface area (Å²) >= 11 is 0. The summed E-state index contributed by atoms with van der Waals surface area (Å²) in [6, 6.07) is 0. The Hall–Kier alpha value is -0.610. The van der Waals surface area contributed by atoms with Gasteiger partial charge in [-0.15, -0.1) is 0 Å². The average Bonchev–Trinajstić information content (AvgIpc) is 2.67. The number of likely N-dealkylation sites (tertiary alicyclic amines) is 1. The smallest absolute Gasteiger partial charge is 0.0596 e. The van der Waals surface area contributed by atoms with Crippen molar-refractivity contribution in [3.05, 3.63) is 0 Å². The van der Waals surface area contributed by atoms with Gasteiger partial charge in [0.1, 0.15) is 0 Å². The van der Waals surface area contributed by atoms with Gasteiger partial charge in [0.2, 0.25) is 0 Å².